The van der Waals surface area contributed by atoms with Crippen LogP contribution < -0.4 is 10.9 Å². The van der Waals surface area contributed by atoms with E-state index in [0.29, 0.717) is 15.4 Å². The number of hydrogen-bond donors (Lipinski definition) is 1. The Kier molecular flexibility index (Phi) is 7.30. The van der Waals surface area contributed by atoms with Gasteiger partial charge in [-0.05, 0) is 79.1 Å². The molecule has 4 aromatic rings. The fourth-order valence-electron chi connectivity index (χ4n) is 3.54. The first-order valence-electron chi connectivity index (χ1n) is 11.1. The maximum Gasteiger partial charge on any atom is 0.276 e. The summed E-state index contributed by atoms with van der Waals surface area (Å²) in [5, 5.41) is 5.33. The minimum atomic E-state index is -0.132. The summed E-state index contributed by atoms with van der Waals surface area (Å²) in [6.45, 7) is 6.24. The van der Waals surface area contributed by atoms with Crippen molar-refractivity contribution in [2.24, 2.45) is 0 Å². The summed E-state index contributed by atoms with van der Waals surface area (Å²) in [4.78, 5) is 30.6. The number of benzene rings is 2. The Morgan fingerprint density at radius 1 is 1.09 bits per heavy atom. The lowest BCUT2D eigenvalue weighted by Crippen LogP contribution is -2.22. The lowest BCUT2D eigenvalue weighted by molar-refractivity contribution is -0.113. The number of carbonyl (C=O) groups excluding carboxylic acids is 1. The molecule has 1 amide bonds. The first kappa shape index (κ1) is 23.3. The Hall–Kier alpha value is -2.90. The molecule has 0 aliphatic rings. The predicted octanol–water partition coefficient (Wildman–Crippen LogP) is 6.14. The molecule has 4 rings (SSSR count). The number of hydrogen-bond acceptors (Lipinski definition) is 5. The lowest BCUT2D eigenvalue weighted by atomic mass is 10.1. The van der Waals surface area contributed by atoms with Crippen LogP contribution in [0.1, 0.15) is 36.5 Å². The Balaban J connectivity index is 1.55. The highest BCUT2D eigenvalue weighted by Crippen LogP contribution is 2.25. The molecule has 0 aliphatic heterocycles. The molecule has 7 heteroatoms. The van der Waals surface area contributed by atoms with Gasteiger partial charge in [0.2, 0.25) is 5.91 Å². The number of nitrogens with zero attached hydrogens (tertiary/aromatic N) is 2. The van der Waals surface area contributed by atoms with Gasteiger partial charge in [0.1, 0.15) is 4.70 Å². The van der Waals surface area contributed by atoms with Gasteiger partial charge in [0.05, 0.1) is 17.0 Å². The molecule has 0 saturated heterocycles. The van der Waals surface area contributed by atoms with Crippen LogP contribution in [0.4, 0.5) is 5.69 Å². The second-order valence-corrected chi connectivity index (χ2v) is 9.93. The molecule has 0 spiro atoms. The number of aromatic nitrogens is 2. The summed E-state index contributed by atoms with van der Waals surface area (Å²) in [6, 6.07) is 15.8. The molecule has 5 nitrogen and oxygen atoms in total. The number of anilines is 1. The molecule has 0 fully saturated rings. The first-order valence-corrected chi connectivity index (χ1v) is 12.9. The topological polar surface area (TPSA) is 64.0 Å². The molecule has 0 saturated carbocycles. The number of thiophene rings is 1. The van der Waals surface area contributed by atoms with Crippen molar-refractivity contribution < 1.29 is 4.79 Å². The number of thioether (sulfide) groups is 1. The summed E-state index contributed by atoms with van der Waals surface area (Å²) in [5.41, 5.74) is 5.62. The summed E-state index contributed by atoms with van der Waals surface area (Å²) in [5.74, 6) is 0.0254. The van der Waals surface area contributed by atoms with Crippen molar-refractivity contribution in [3.05, 3.63) is 81.0 Å². The number of carbonyl (C=O) groups is 1. The van der Waals surface area contributed by atoms with Crippen LogP contribution in [0.3, 0.4) is 0 Å². The van der Waals surface area contributed by atoms with Gasteiger partial charge in [-0.1, -0.05) is 43.3 Å². The van der Waals surface area contributed by atoms with E-state index in [9.17, 15) is 9.59 Å². The van der Waals surface area contributed by atoms with Gasteiger partial charge < -0.3 is 5.32 Å². The molecule has 2 aromatic heterocycles. The zero-order chi connectivity index (χ0) is 23.4. The molecule has 2 heterocycles. The number of fused-ring (bicyclic) bond motifs is 1. The SMILES string of the molecule is CCCCc1ccc(NC(=O)CSc2nc3ccsc3c(=O)n2-c2ccc(C)c(C)c2)cc1. The summed E-state index contributed by atoms with van der Waals surface area (Å²) >= 11 is 2.66. The number of nitrogens with one attached hydrogen (secondary N) is 1. The van der Waals surface area contributed by atoms with Gasteiger partial charge in [-0.2, -0.15) is 0 Å². The van der Waals surface area contributed by atoms with Crippen molar-refractivity contribution in [3.63, 3.8) is 0 Å². The third kappa shape index (κ3) is 5.37. The monoisotopic (exact) mass is 477 g/mol. The van der Waals surface area contributed by atoms with E-state index < -0.39 is 0 Å². The second kappa shape index (κ2) is 10.4. The van der Waals surface area contributed by atoms with E-state index in [4.69, 9.17) is 4.98 Å². The van der Waals surface area contributed by atoms with Gasteiger partial charge in [-0.15, -0.1) is 11.3 Å². The zero-order valence-electron chi connectivity index (χ0n) is 19.1. The number of amides is 1. The summed E-state index contributed by atoms with van der Waals surface area (Å²) in [6.07, 6.45) is 3.37. The molecule has 0 bridgehead atoms. The van der Waals surface area contributed by atoms with E-state index in [1.54, 1.807) is 4.57 Å². The van der Waals surface area contributed by atoms with Crippen molar-refractivity contribution in [2.75, 3.05) is 11.1 Å². The van der Waals surface area contributed by atoms with Crippen molar-refractivity contribution >= 4 is 44.9 Å². The maximum absolute atomic E-state index is 13.3. The van der Waals surface area contributed by atoms with E-state index in [0.717, 1.165) is 41.8 Å². The third-order valence-corrected chi connectivity index (χ3v) is 7.42. The van der Waals surface area contributed by atoms with Crippen LogP contribution in [-0.4, -0.2) is 21.2 Å². The van der Waals surface area contributed by atoms with Crippen molar-refractivity contribution in [1.82, 2.24) is 9.55 Å². The minimum Gasteiger partial charge on any atom is -0.325 e. The normalized spacial score (nSPS) is 11.1. The van der Waals surface area contributed by atoms with Crippen molar-refractivity contribution in [1.29, 1.82) is 0 Å². The number of unbranched alkanes of at least 4 members (excludes halogenated alkanes) is 1. The van der Waals surface area contributed by atoms with Crippen LogP contribution >= 0.6 is 23.1 Å². The molecular formula is C26H27N3O2S2. The van der Waals surface area contributed by atoms with E-state index in [1.807, 2.05) is 55.6 Å². The highest BCUT2D eigenvalue weighted by atomic mass is 32.2. The van der Waals surface area contributed by atoms with Crippen molar-refractivity contribution in [3.8, 4) is 5.69 Å². The Morgan fingerprint density at radius 3 is 2.61 bits per heavy atom. The average molecular weight is 478 g/mol. The number of aryl methyl sites for hydroxylation is 3. The quantitative estimate of drug-likeness (QED) is 0.245. The van der Waals surface area contributed by atoms with E-state index in [-0.39, 0.29) is 17.2 Å². The summed E-state index contributed by atoms with van der Waals surface area (Å²) < 4.78 is 2.23. The largest absolute Gasteiger partial charge is 0.325 e. The summed E-state index contributed by atoms with van der Waals surface area (Å²) in [7, 11) is 0. The smallest absolute Gasteiger partial charge is 0.276 e. The maximum atomic E-state index is 13.3. The molecule has 170 valence electrons. The molecule has 0 aliphatic carbocycles. The second-order valence-electron chi connectivity index (χ2n) is 8.08. The fourth-order valence-corrected chi connectivity index (χ4v) is 5.12. The van der Waals surface area contributed by atoms with Crippen LogP contribution in [0.25, 0.3) is 15.9 Å². The van der Waals surface area contributed by atoms with E-state index in [2.05, 4.69) is 24.4 Å². The van der Waals surface area contributed by atoms with E-state index in [1.165, 1.54) is 28.7 Å². The average Bonchev–Trinajstić information content (AvgIpc) is 3.28. The van der Waals surface area contributed by atoms with Gasteiger partial charge in [0.25, 0.3) is 5.56 Å². The van der Waals surface area contributed by atoms with Gasteiger partial charge >= 0.3 is 0 Å². The Labute approximate surface area is 201 Å². The van der Waals surface area contributed by atoms with Crippen LogP contribution in [0.15, 0.2) is 63.9 Å². The van der Waals surface area contributed by atoms with Crippen LogP contribution in [0.5, 0.6) is 0 Å². The van der Waals surface area contributed by atoms with Gasteiger partial charge in [-0.25, -0.2) is 4.98 Å². The molecule has 0 unspecified atom stereocenters. The van der Waals surface area contributed by atoms with Crippen LogP contribution in [-0.2, 0) is 11.2 Å². The molecule has 0 radical (unpaired) electrons. The Bertz CT molecular complexity index is 1340. The Morgan fingerprint density at radius 2 is 1.88 bits per heavy atom. The zero-order valence-corrected chi connectivity index (χ0v) is 20.7. The van der Waals surface area contributed by atoms with Crippen LogP contribution in [0.2, 0.25) is 0 Å². The minimum absolute atomic E-state index is 0.108. The van der Waals surface area contributed by atoms with Gasteiger partial charge in [0, 0.05) is 5.69 Å². The molecule has 1 N–H and O–H groups in total. The number of rotatable bonds is 8. The molecular weight excluding hydrogens is 450 g/mol. The standard InChI is InChI=1S/C26H27N3O2S2/c1-4-5-6-19-8-10-20(11-9-19)27-23(30)16-33-26-28-22-13-14-32-24(22)25(31)29(26)21-12-7-17(2)18(3)15-21/h7-15H,4-6,16H2,1-3H3,(H,27,30). The van der Waals surface area contributed by atoms with Gasteiger partial charge in [-0.3, -0.25) is 14.2 Å². The van der Waals surface area contributed by atoms with Crippen molar-refractivity contribution in [2.45, 2.75) is 45.2 Å². The molecule has 2 aromatic carbocycles. The fraction of sp³-hybridized carbons (Fsp3) is 0.269. The first-order chi connectivity index (χ1) is 16.0. The van der Waals surface area contributed by atoms with Gasteiger partial charge in [0.15, 0.2) is 5.16 Å². The van der Waals surface area contributed by atoms with E-state index >= 15 is 0 Å². The highest BCUT2D eigenvalue weighted by Gasteiger charge is 2.16. The third-order valence-electron chi connectivity index (χ3n) is 5.59. The lowest BCUT2D eigenvalue weighted by Gasteiger charge is -2.13. The predicted molar refractivity (Wildman–Crippen MR) is 139 cm³/mol. The highest BCUT2D eigenvalue weighted by molar-refractivity contribution is 7.99. The van der Waals surface area contributed by atoms with Crippen LogP contribution in [0, 0.1) is 13.8 Å². The molecule has 0 atom stereocenters. The molecule has 33 heavy (non-hydrogen) atoms.